The topological polar surface area (TPSA) is 66.8 Å². The van der Waals surface area contributed by atoms with Gasteiger partial charge in [-0.05, 0) is 24.8 Å². The highest BCUT2D eigenvalue weighted by Crippen LogP contribution is 2.18. The molecule has 1 aliphatic heterocycles. The maximum absolute atomic E-state index is 12.0. The maximum atomic E-state index is 12.0. The van der Waals surface area contributed by atoms with Gasteiger partial charge >= 0.3 is 12.1 Å². The Morgan fingerprint density at radius 3 is 2.65 bits per heavy atom. The van der Waals surface area contributed by atoms with E-state index in [4.69, 9.17) is 9.84 Å². The number of rotatable bonds is 3. The molecule has 0 aromatic heterocycles. The number of carboxylic acid groups (broad SMARTS) is 1. The van der Waals surface area contributed by atoms with Crippen LogP contribution in [0.2, 0.25) is 0 Å². The normalized spacial score (nSPS) is 19.2. The minimum Gasteiger partial charge on any atom is -0.481 e. The highest BCUT2D eigenvalue weighted by atomic mass is 16.6. The number of benzene rings is 1. The Balaban J connectivity index is 1.82. The highest BCUT2D eigenvalue weighted by molar-refractivity contribution is 5.71. The summed E-state index contributed by atoms with van der Waals surface area (Å²) in [4.78, 5) is 24.5. The Morgan fingerprint density at radius 2 is 1.95 bits per heavy atom. The summed E-state index contributed by atoms with van der Waals surface area (Å²) in [6.45, 7) is 1.26. The van der Waals surface area contributed by atoms with E-state index in [-0.39, 0.29) is 18.6 Å². The second kappa shape index (κ2) is 6.93. The van der Waals surface area contributed by atoms with Crippen LogP contribution >= 0.6 is 0 Å². The fraction of sp³-hybridized carbons (Fsp3) is 0.467. The number of hydrogen-bond acceptors (Lipinski definition) is 3. The molecule has 1 N–H and O–H groups in total. The zero-order valence-electron chi connectivity index (χ0n) is 11.3. The average molecular weight is 277 g/mol. The molecule has 0 radical (unpaired) electrons. The number of carbonyl (C=O) groups excluding carboxylic acids is 1. The lowest BCUT2D eigenvalue weighted by Crippen LogP contribution is -2.32. The molecule has 0 unspecified atom stereocenters. The van der Waals surface area contributed by atoms with E-state index in [1.165, 1.54) is 0 Å². The molecule has 1 aromatic carbocycles. The first-order chi connectivity index (χ1) is 9.66. The number of likely N-dealkylation sites (tertiary alicyclic amines) is 1. The van der Waals surface area contributed by atoms with Gasteiger partial charge in [0.05, 0.1) is 5.92 Å². The molecule has 1 heterocycles. The molecule has 108 valence electrons. The summed E-state index contributed by atoms with van der Waals surface area (Å²) in [6.07, 6.45) is 1.46. The van der Waals surface area contributed by atoms with Crippen LogP contribution in [0.1, 0.15) is 24.8 Å². The molecule has 5 heteroatoms. The molecule has 1 atom stereocenters. The molecule has 0 saturated carbocycles. The Bertz CT molecular complexity index is 460. The van der Waals surface area contributed by atoms with E-state index in [9.17, 15) is 9.59 Å². The lowest BCUT2D eigenvalue weighted by Gasteiger charge is -2.19. The first-order valence-electron chi connectivity index (χ1n) is 6.85. The first kappa shape index (κ1) is 14.4. The van der Waals surface area contributed by atoms with Crippen LogP contribution in [-0.2, 0) is 16.1 Å². The molecule has 20 heavy (non-hydrogen) atoms. The van der Waals surface area contributed by atoms with Crippen molar-refractivity contribution in [2.45, 2.75) is 25.9 Å². The third-order valence-electron chi connectivity index (χ3n) is 3.54. The standard InChI is InChI=1S/C15H19NO4/c17-14(18)13-7-4-9-16(10-8-13)15(19)20-11-12-5-2-1-3-6-12/h1-3,5-6,13H,4,7-11H2,(H,17,18)/t13-/m0/s1. The van der Waals surface area contributed by atoms with E-state index in [2.05, 4.69) is 0 Å². The van der Waals surface area contributed by atoms with Crippen molar-refractivity contribution < 1.29 is 19.4 Å². The van der Waals surface area contributed by atoms with Gasteiger partial charge in [0.1, 0.15) is 6.61 Å². The number of aliphatic carboxylic acids is 1. The van der Waals surface area contributed by atoms with E-state index >= 15 is 0 Å². The molecule has 1 saturated heterocycles. The van der Waals surface area contributed by atoms with Crippen molar-refractivity contribution in [3.8, 4) is 0 Å². The van der Waals surface area contributed by atoms with Crippen LogP contribution in [0, 0.1) is 5.92 Å². The minimum absolute atomic E-state index is 0.249. The van der Waals surface area contributed by atoms with E-state index in [0.29, 0.717) is 32.4 Å². The Kier molecular flexibility index (Phi) is 4.98. The van der Waals surface area contributed by atoms with E-state index in [1.807, 2.05) is 30.3 Å². The van der Waals surface area contributed by atoms with Crippen molar-refractivity contribution in [2.75, 3.05) is 13.1 Å². The Labute approximate surface area is 118 Å². The number of ether oxygens (including phenoxy) is 1. The van der Waals surface area contributed by atoms with Crippen LogP contribution in [-0.4, -0.2) is 35.2 Å². The maximum Gasteiger partial charge on any atom is 0.410 e. The summed E-state index contributed by atoms with van der Waals surface area (Å²) >= 11 is 0. The molecule has 5 nitrogen and oxygen atoms in total. The van der Waals surface area contributed by atoms with Crippen molar-refractivity contribution in [1.82, 2.24) is 4.90 Å². The molecule has 1 aromatic rings. The van der Waals surface area contributed by atoms with Crippen molar-refractivity contribution in [1.29, 1.82) is 0 Å². The molecular weight excluding hydrogens is 258 g/mol. The quantitative estimate of drug-likeness (QED) is 0.921. The van der Waals surface area contributed by atoms with Crippen LogP contribution in [0.25, 0.3) is 0 Å². The van der Waals surface area contributed by atoms with Crippen molar-refractivity contribution in [2.24, 2.45) is 5.92 Å². The summed E-state index contributed by atoms with van der Waals surface area (Å²) in [6, 6.07) is 9.50. The lowest BCUT2D eigenvalue weighted by molar-refractivity contribution is -0.142. The summed E-state index contributed by atoms with van der Waals surface area (Å²) in [5.74, 6) is -1.12. The zero-order chi connectivity index (χ0) is 14.4. The Morgan fingerprint density at radius 1 is 1.20 bits per heavy atom. The van der Waals surface area contributed by atoms with E-state index in [0.717, 1.165) is 5.56 Å². The fourth-order valence-corrected chi connectivity index (χ4v) is 2.34. The Hall–Kier alpha value is -2.04. The predicted molar refractivity (Wildman–Crippen MR) is 73.2 cm³/mol. The molecule has 1 amide bonds. The largest absolute Gasteiger partial charge is 0.481 e. The summed E-state index contributed by atoms with van der Waals surface area (Å²) < 4.78 is 5.26. The van der Waals surface area contributed by atoms with Gasteiger partial charge in [0.25, 0.3) is 0 Å². The molecule has 1 fully saturated rings. The molecule has 2 rings (SSSR count). The average Bonchev–Trinajstić information content (AvgIpc) is 2.72. The second-order valence-corrected chi connectivity index (χ2v) is 4.99. The second-order valence-electron chi connectivity index (χ2n) is 4.99. The van der Waals surface area contributed by atoms with Crippen molar-refractivity contribution in [3.05, 3.63) is 35.9 Å². The van der Waals surface area contributed by atoms with Crippen LogP contribution < -0.4 is 0 Å². The van der Waals surface area contributed by atoms with Crippen LogP contribution in [0.5, 0.6) is 0 Å². The number of carboxylic acids is 1. The SMILES string of the molecule is O=C(O)[C@H]1CCCN(C(=O)OCc2ccccc2)CC1. The van der Waals surface area contributed by atoms with E-state index in [1.54, 1.807) is 4.90 Å². The van der Waals surface area contributed by atoms with E-state index < -0.39 is 5.97 Å². The monoisotopic (exact) mass is 277 g/mol. The van der Waals surface area contributed by atoms with Gasteiger partial charge in [-0.3, -0.25) is 4.79 Å². The third-order valence-corrected chi connectivity index (χ3v) is 3.54. The van der Waals surface area contributed by atoms with Crippen molar-refractivity contribution in [3.63, 3.8) is 0 Å². The van der Waals surface area contributed by atoms with Gasteiger partial charge in [-0.15, -0.1) is 0 Å². The lowest BCUT2D eigenvalue weighted by atomic mass is 10.0. The van der Waals surface area contributed by atoms with Gasteiger partial charge < -0.3 is 14.7 Å². The van der Waals surface area contributed by atoms with Gasteiger partial charge in [0, 0.05) is 13.1 Å². The number of nitrogens with zero attached hydrogens (tertiary/aromatic N) is 1. The van der Waals surface area contributed by atoms with Gasteiger partial charge in [0.15, 0.2) is 0 Å². The highest BCUT2D eigenvalue weighted by Gasteiger charge is 2.25. The summed E-state index contributed by atoms with van der Waals surface area (Å²) in [7, 11) is 0. The molecule has 0 bridgehead atoms. The zero-order valence-corrected chi connectivity index (χ0v) is 11.3. The smallest absolute Gasteiger partial charge is 0.410 e. The van der Waals surface area contributed by atoms with Gasteiger partial charge in [-0.25, -0.2) is 4.79 Å². The molecular formula is C15H19NO4. The molecule has 0 aliphatic carbocycles. The molecule has 0 spiro atoms. The number of amides is 1. The first-order valence-corrected chi connectivity index (χ1v) is 6.85. The fourth-order valence-electron chi connectivity index (χ4n) is 2.34. The molecule has 1 aliphatic rings. The van der Waals surface area contributed by atoms with Crippen LogP contribution in [0.3, 0.4) is 0 Å². The number of hydrogen-bond donors (Lipinski definition) is 1. The van der Waals surface area contributed by atoms with Crippen LogP contribution in [0.15, 0.2) is 30.3 Å². The minimum atomic E-state index is -0.774. The van der Waals surface area contributed by atoms with Gasteiger partial charge in [-0.2, -0.15) is 0 Å². The predicted octanol–water partition coefficient (Wildman–Crippen LogP) is 2.51. The third kappa shape index (κ3) is 3.98. The van der Waals surface area contributed by atoms with Crippen LogP contribution in [0.4, 0.5) is 4.79 Å². The summed E-state index contributed by atoms with van der Waals surface area (Å²) in [5.41, 5.74) is 0.944. The van der Waals surface area contributed by atoms with Gasteiger partial charge in [-0.1, -0.05) is 30.3 Å². The number of carbonyl (C=O) groups is 2. The van der Waals surface area contributed by atoms with Crippen molar-refractivity contribution >= 4 is 12.1 Å². The summed E-state index contributed by atoms with van der Waals surface area (Å²) in [5, 5.41) is 9.01. The van der Waals surface area contributed by atoms with Gasteiger partial charge in [0.2, 0.25) is 0 Å².